The van der Waals surface area contributed by atoms with Crippen LogP contribution in [0.2, 0.25) is 0 Å². The van der Waals surface area contributed by atoms with Gasteiger partial charge in [-0.2, -0.15) is 0 Å². The SMILES string of the molecule is CN=CC(=CN)Nc1nccc(-c2ccc3c(c2)CCCCC3NC(=O)c2cnc(C(C)(C)C)s2)n1. The highest BCUT2D eigenvalue weighted by atomic mass is 32.1. The minimum Gasteiger partial charge on any atom is -0.403 e. The number of aliphatic imine (C=N–C) groups is 1. The second kappa shape index (κ2) is 11.0. The Labute approximate surface area is 216 Å². The normalized spacial score (nSPS) is 16.4. The lowest BCUT2D eigenvalue weighted by molar-refractivity contribution is 0.0938. The van der Waals surface area contributed by atoms with Crippen molar-refractivity contribution in [3.05, 3.63) is 69.6 Å². The predicted molar refractivity (Wildman–Crippen MR) is 146 cm³/mol. The Morgan fingerprint density at radius 3 is 2.78 bits per heavy atom. The Balaban J connectivity index is 1.56. The van der Waals surface area contributed by atoms with Gasteiger partial charge in [0, 0.05) is 36.6 Å². The number of allylic oxidation sites excluding steroid dienone is 1. The van der Waals surface area contributed by atoms with Crippen LogP contribution < -0.4 is 16.4 Å². The first kappa shape index (κ1) is 25.5. The number of aryl methyl sites for hydroxylation is 1. The third-order valence-corrected chi connectivity index (χ3v) is 7.46. The van der Waals surface area contributed by atoms with Gasteiger partial charge in [0.15, 0.2) is 0 Å². The molecule has 0 aliphatic heterocycles. The van der Waals surface area contributed by atoms with Gasteiger partial charge in [0.1, 0.15) is 4.88 Å². The summed E-state index contributed by atoms with van der Waals surface area (Å²) in [7, 11) is 1.67. The molecule has 4 rings (SSSR count). The number of nitrogens with two attached hydrogens (primary N) is 1. The molecule has 9 heteroatoms. The highest BCUT2D eigenvalue weighted by Gasteiger charge is 2.24. The summed E-state index contributed by atoms with van der Waals surface area (Å²) in [6.07, 6.45) is 10.5. The largest absolute Gasteiger partial charge is 0.403 e. The first-order valence-corrected chi connectivity index (χ1v) is 12.9. The molecule has 0 radical (unpaired) electrons. The van der Waals surface area contributed by atoms with E-state index in [1.54, 1.807) is 25.7 Å². The minimum atomic E-state index is -0.0728. The van der Waals surface area contributed by atoms with Crippen LogP contribution in [-0.2, 0) is 11.8 Å². The molecule has 0 saturated carbocycles. The summed E-state index contributed by atoms with van der Waals surface area (Å²) in [5, 5.41) is 7.32. The fraction of sp³-hybridized carbons (Fsp3) is 0.370. The molecular formula is C27H33N7OS. The Hall–Kier alpha value is -3.59. The molecule has 1 aliphatic rings. The van der Waals surface area contributed by atoms with Gasteiger partial charge in [0.25, 0.3) is 5.91 Å². The Bertz CT molecular complexity index is 1290. The van der Waals surface area contributed by atoms with Crippen molar-refractivity contribution in [3.8, 4) is 11.3 Å². The van der Waals surface area contributed by atoms with Gasteiger partial charge in [0.05, 0.1) is 28.6 Å². The van der Waals surface area contributed by atoms with Gasteiger partial charge in [-0.15, -0.1) is 11.3 Å². The van der Waals surface area contributed by atoms with Crippen molar-refractivity contribution in [2.45, 2.75) is 57.9 Å². The van der Waals surface area contributed by atoms with Crippen LogP contribution in [0.1, 0.15) is 71.9 Å². The van der Waals surface area contributed by atoms with E-state index in [-0.39, 0.29) is 17.4 Å². The molecule has 0 bridgehead atoms. The number of nitrogens with one attached hydrogen (secondary N) is 2. The molecule has 3 aromatic rings. The average molecular weight is 504 g/mol. The van der Waals surface area contributed by atoms with Crippen LogP contribution in [0.15, 0.2) is 53.5 Å². The maximum Gasteiger partial charge on any atom is 0.263 e. The summed E-state index contributed by atoms with van der Waals surface area (Å²) < 4.78 is 0. The Morgan fingerprint density at radius 2 is 2.06 bits per heavy atom. The van der Waals surface area contributed by atoms with E-state index in [2.05, 4.69) is 69.5 Å². The number of rotatable bonds is 6. The highest BCUT2D eigenvalue weighted by Crippen LogP contribution is 2.33. The molecule has 0 saturated heterocycles. The molecule has 1 aromatic carbocycles. The Kier molecular flexibility index (Phi) is 7.79. The lowest BCUT2D eigenvalue weighted by Crippen LogP contribution is -2.28. The summed E-state index contributed by atoms with van der Waals surface area (Å²) in [6, 6.07) is 8.23. The standard InChI is InChI=1S/C27H33N7OS/c1-27(2,3)25-31-16-23(36-25)24(35)33-22-8-6-5-7-17-13-18(9-10-20(17)22)21-11-12-30-26(34-21)32-19(14-28)15-29-4/h9-16,22H,5-8,28H2,1-4H3,(H,33,35)(H,30,32,34). The maximum absolute atomic E-state index is 13.1. The third-order valence-electron chi connectivity index (χ3n) is 6.04. The summed E-state index contributed by atoms with van der Waals surface area (Å²) in [5.74, 6) is 0.388. The van der Waals surface area contributed by atoms with Crippen molar-refractivity contribution in [3.63, 3.8) is 0 Å². The van der Waals surface area contributed by atoms with Crippen LogP contribution in [0.4, 0.5) is 5.95 Å². The van der Waals surface area contributed by atoms with Crippen LogP contribution in [0.5, 0.6) is 0 Å². The van der Waals surface area contributed by atoms with E-state index in [1.165, 1.54) is 28.7 Å². The number of nitrogens with zero attached hydrogens (tertiary/aromatic N) is 4. The molecule has 1 amide bonds. The topological polar surface area (TPSA) is 118 Å². The fourth-order valence-corrected chi connectivity index (χ4v) is 5.09. The van der Waals surface area contributed by atoms with Crippen molar-refractivity contribution in [2.75, 3.05) is 12.4 Å². The second-order valence-corrected chi connectivity index (χ2v) is 10.9. The highest BCUT2D eigenvalue weighted by molar-refractivity contribution is 7.13. The minimum absolute atomic E-state index is 0.0301. The zero-order chi connectivity index (χ0) is 25.7. The first-order valence-electron chi connectivity index (χ1n) is 12.1. The molecular weight excluding hydrogens is 470 g/mol. The number of aromatic nitrogens is 3. The number of amides is 1. The quantitative estimate of drug-likeness (QED) is 0.321. The van der Waals surface area contributed by atoms with Gasteiger partial charge in [-0.05, 0) is 42.5 Å². The lowest BCUT2D eigenvalue weighted by atomic mass is 9.95. The summed E-state index contributed by atoms with van der Waals surface area (Å²) in [6.45, 7) is 6.32. The van der Waals surface area contributed by atoms with E-state index in [0.717, 1.165) is 41.9 Å². The van der Waals surface area contributed by atoms with Crippen LogP contribution >= 0.6 is 11.3 Å². The number of anilines is 1. The number of benzene rings is 1. The molecule has 2 aromatic heterocycles. The molecule has 1 atom stereocenters. The van der Waals surface area contributed by atoms with Crippen LogP contribution in [0.3, 0.4) is 0 Å². The number of hydrogen-bond acceptors (Lipinski definition) is 8. The van der Waals surface area contributed by atoms with Crippen LogP contribution in [0, 0.1) is 0 Å². The lowest BCUT2D eigenvalue weighted by Gasteiger charge is -2.20. The monoisotopic (exact) mass is 503 g/mol. The molecule has 1 unspecified atom stereocenters. The van der Waals surface area contributed by atoms with E-state index in [1.807, 2.05) is 6.07 Å². The van der Waals surface area contributed by atoms with Gasteiger partial charge in [-0.3, -0.25) is 9.79 Å². The summed E-state index contributed by atoms with van der Waals surface area (Å²) in [5.41, 5.74) is 10.4. The maximum atomic E-state index is 13.1. The van der Waals surface area contributed by atoms with E-state index in [4.69, 9.17) is 5.73 Å². The van der Waals surface area contributed by atoms with Crippen molar-refractivity contribution < 1.29 is 4.79 Å². The second-order valence-electron chi connectivity index (χ2n) is 9.86. The fourth-order valence-electron chi connectivity index (χ4n) is 4.21. The van der Waals surface area contributed by atoms with Gasteiger partial charge in [-0.25, -0.2) is 15.0 Å². The van der Waals surface area contributed by atoms with E-state index in [9.17, 15) is 4.79 Å². The smallest absolute Gasteiger partial charge is 0.263 e. The van der Waals surface area contributed by atoms with Crippen LogP contribution in [-0.4, -0.2) is 34.1 Å². The zero-order valence-corrected chi connectivity index (χ0v) is 22.0. The molecule has 2 heterocycles. The molecule has 188 valence electrons. The number of carbonyl (C=O) groups is 1. The molecule has 0 spiro atoms. The molecule has 8 nitrogen and oxygen atoms in total. The van der Waals surface area contributed by atoms with Gasteiger partial charge >= 0.3 is 0 Å². The summed E-state index contributed by atoms with van der Waals surface area (Å²) in [4.78, 5) is 31.1. The van der Waals surface area contributed by atoms with E-state index < -0.39 is 0 Å². The van der Waals surface area contributed by atoms with Gasteiger partial charge < -0.3 is 16.4 Å². The molecule has 36 heavy (non-hydrogen) atoms. The number of hydrogen-bond donors (Lipinski definition) is 3. The van der Waals surface area contributed by atoms with Gasteiger partial charge in [0.2, 0.25) is 5.95 Å². The average Bonchev–Trinajstić information content (AvgIpc) is 3.29. The van der Waals surface area contributed by atoms with Crippen molar-refractivity contribution in [2.24, 2.45) is 10.7 Å². The number of carbonyl (C=O) groups excluding carboxylic acids is 1. The zero-order valence-electron chi connectivity index (χ0n) is 21.2. The molecule has 0 fully saturated rings. The predicted octanol–water partition coefficient (Wildman–Crippen LogP) is 5.01. The molecule has 4 N–H and O–H groups in total. The van der Waals surface area contributed by atoms with Crippen molar-refractivity contribution >= 4 is 29.4 Å². The third kappa shape index (κ3) is 5.96. The molecule has 1 aliphatic carbocycles. The number of fused-ring (bicyclic) bond motifs is 1. The van der Waals surface area contributed by atoms with Crippen LogP contribution in [0.25, 0.3) is 11.3 Å². The van der Waals surface area contributed by atoms with Gasteiger partial charge in [-0.1, -0.05) is 39.3 Å². The first-order chi connectivity index (χ1) is 17.3. The van der Waals surface area contributed by atoms with Crippen molar-refractivity contribution in [1.82, 2.24) is 20.3 Å². The Morgan fingerprint density at radius 1 is 1.22 bits per heavy atom. The van der Waals surface area contributed by atoms with Crippen molar-refractivity contribution in [1.29, 1.82) is 0 Å². The number of thiazole rings is 1. The van der Waals surface area contributed by atoms with E-state index >= 15 is 0 Å². The summed E-state index contributed by atoms with van der Waals surface area (Å²) >= 11 is 1.47. The van der Waals surface area contributed by atoms with E-state index in [0.29, 0.717) is 16.5 Å².